The maximum atomic E-state index is 10.6. The van der Waals surface area contributed by atoms with Gasteiger partial charge in [-0.3, -0.25) is 4.79 Å². The summed E-state index contributed by atoms with van der Waals surface area (Å²) in [6.07, 6.45) is 0.833. The molecule has 0 aliphatic heterocycles. The highest BCUT2D eigenvalue weighted by molar-refractivity contribution is 5.77. The predicted octanol–water partition coefficient (Wildman–Crippen LogP) is 3.07. The highest BCUT2D eigenvalue weighted by atomic mass is 16.3. The summed E-state index contributed by atoms with van der Waals surface area (Å²) < 4.78 is 5.45. The average Bonchev–Trinajstić information content (AvgIpc) is 2.65. The molecule has 0 unspecified atom stereocenters. The van der Waals surface area contributed by atoms with Crippen LogP contribution in [-0.4, -0.2) is 6.29 Å². The molecule has 1 aromatic heterocycles. The van der Waals surface area contributed by atoms with Crippen LogP contribution in [0.5, 0.6) is 0 Å². The fourth-order valence-electron chi connectivity index (χ4n) is 1.35. The van der Waals surface area contributed by atoms with Crippen molar-refractivity contribution in [1.82, 2.24) is 0 Å². The van der Waals surface area contributed by atoms with E-state index in [9.17, 15) is 4.79 Å². The molecule has 0 bridgehead atoms. The molecule has 0 saturated carbocycles. The lowest BCUT2D eigenvalue weighted by atomic mass is 10.1. The van der Waals surface area contributed by atoms with Gasteiger partial charge in [0.1, 0.15) is 17.8 Å². The first-order valence-corrected chi connectivity index (χ1v) is 4.41. The largest absolute Gasteiger partial charge is 0.461 e. The second-order valence-corrected chi connectivity index (χ2v) is 3.15. The molecule has 70 valence electrons. The number of rotatable bonds is 2. The van der Waals surface area contributed by atoms with Crippen LogP contribution >= 0.6 is 0 Å². The third-order valence-electron chi connectivity index (χ3n) is 2.05. The van der Waals surface area contributed by atoms with Crippen LogP contribution in [0, 0.1) is 6.92 Å². The Balaban J connectivity index is 2.46. The Morgan fingerprint density at radius 1 is 1.21 bits per heavy atom. The molecular weight excluding hydrogens is 176 g/mol. The van der Waals surface area contributed by atoms with Crippen molar-refractivity contribution < 1.29 is 9.21 Å². The second kappa shape index (κ2) is 3.50. The Bertz CT molecular complexity index is 455. The monoisotopic (exact) mass is 186 g/mol. The highest BCUT2D eigenvalue weighted by Crippen LogP contribution is 2.22. The number of hydrogen-bond donors (Lipinski definition) is 0. The topological polar surface area (TPSA) is 30.2 Å². The van der Waals surface area contributed by atoms with E-state index in [4.69, 9.17) is 4.42 Å². The minimum atomic E-state index is 0.663. The zero-order chi connectivity index (χ0) is 9.97. The van der Waals surface area contributed by atoms with Crippen molar-refractivity contribution in [2.24, 2.45) is 0 Å². The summed E-state index contributed by atoms with van der Waals surface area (Å²) in [4.78, 5) is 10.6. The average molecular weight is 186 g/mol. The van der Waals surface area contributed by atoms with Gasteiger partial charge in [0.05, 0.1) is 0 Å². The predicted molar refractivity (Wildman–Crippen MR) is 54.3 cm³/mol. The number of aryl methyl sites for hydroxylation is 1. The molecule has 0 saturated heterocycles. The Kier molecular flexibility index (Phi) is 2.19. The molecule has 2 nitrogen and oxygen atoms in total. The van der Waals surface area contributed by atoms with Crippen molar-refractivity contribution in [2.45, 2.75) is 6.92 Å². The van der Waals surface area contributed by atoms with Crippen LogP contribution in [0.2, 0.25) is 0 Å². The smallest absolute Gasteiger partial charge is 0.150 e. The van der Waals surface area contributed by atoms with Gasteiger partial charge in [0, 0.05) is 11.1 Å². The van der Waals surface area contributed by atoms with Crippen LogP contribution in [0.1, 0.15) is 16.1 Å². The normalized spacial score (nSPS) is 10.1. The van der Waals surface area contributed by atoms with Gasteiger partial charge in [-0.15, -0.1) is 0 Å². The van der Waals surface area contributed by atoms with Crippen LogP contribution in [0.3, 0.4) is 0 Å². The Morgan fingerprint density at radius 3 is 2.71 bits per heavy atom. The van der Waals surface area contributed by atoms with Crippen molar-refractivity contribution in [3.05, 3.63) is 47.7 Å². The van der Waals surface area contributed by atoms with Gasteiger partial charge in [0.25, 0.3) is 0 Å². The first-order valence-electron chi connectivity index (χ1n) is 4.41. The third-order valence-corrected chi connectivity index (χ3v) is 2.05. The van der Waals surface area contributed by atoms with E-state index in [1.165, 1.54) is 0 Å². The van der Waals surface area contributed by atoms with Crippen LogP contribution < -0.4 is 0 Å². The van der Waals surface area contributed by atoms with Crippen LogP contribution in [0.4, 0.5) is 0 Å². The summed E-state index contributed by atoms with van der Waals surface area (Å²) in [6.45, 7) is 1.90. The number of benzene rings is 1. The molecule has 0 amide bonds. The van der Waals surface area contributed by atoms with E-state index >= 15 is 0 Å². The summed E-state index contributed by atoms with van der Waals surface area (Å²) in [5.41, 5.74) is 1.60. The molecule has 2 aromatic rings. The molecule has 1 aromatic carbocycles. The molecule has 0 spiro atoms. The van der Waals surface area contributed by atoms with Gasteiger partial charge < -0.3 is 4.42 Å². The molecule has 2 heteroatoms. The lowest BCUT2D eigenvalue weighted by Crippen LogP contribution is -1.80. The highest BCUT2D eigenvalue weighted by Gasteiger charge is 2.02. The van der Waals surface area contributed by atoms with Crippen LogP contribution in [-0.2, 0) is 0 Å². The molecular formula is C12H10O2. The summed E-state index contributed by atoms with van der Waals surface area (Å²) in [7, 11) is 0. The zero-order valence-corrected chi connectivity index (χ0v) is 7.86. The number of hydrogen-bond acceptors (Lipinski definition) is 2. The molecule has 0 atom stereocenters. The Hall–Kier alpha value is -1.83. The first-order chi connectivity index (χ1) is 6.79. The lowest BCUT2D eigenvalue weighted by molar-refractivity contribution is 0.112. The lowest BCUT2D eigenvalue weighted by Gasteiger charge is -1.97. The van der Waals surface area contributed by atoms with Crippen LogP contribution in [0.15, 0.2) is 40.8 Å². The van der Waals surface area contributed by atoms with E-state index in [-0.39, 0.29) is 0 Å². The maximum Gasteiger partial charge on any atom is 0.150 e. The van der Waals surface area contributed by atoms with E-state index in [0.29, 0.717) is 5.56 Å². The van der Waals surface area contributed by atoms with Crippen molar-refractivity contribution in [2.75, 3.05) is 0 Å². The number of carbonyl (C=O) groups excluding carboxylic acids is 1. The van der Waals surface area contributed by atoms with Gasteiger partial charge in [-0.05, 0) is 25.1 Å². The van der Waals surface area contributed by atoms with Gasteiger partial charge in [-0.25, -0.2) is 0 Å². The Morgan fingerprint density at radius 2 is 2.07 bits per heavy atom. The number of furan rings is 1. The fraction of sp³-hybridized carbons (Fsp3) is 0.0833. The SMILES string of the molecule is Cc1ccc(-c2cccc(C=O)c2)o1. The molecule has 14 heavy (non-hydrogen) atoms. The maximum absolute atomic E-state index is 10.6. The molecule has 0 aliphatic carbocycles. The Labute approximate surface area is 82.2 Å². The summed E-state index contributed by atoms with van der Waals surface area (Å²) in [5.74, 6) is 1.67. The van der Waals surface area contributed by atoms with E-state index in [2.05, 4.69) is 0 Å². The zero-order valence-electron chi connectivity index (χ0n) is 7.86. The molecule has 2 rings (SSSR count). The first kappa shape index (κ1) is 8.75. The standard InChI is InChI=1S/C12H10O2/c1-9-5-6-12(14-9)11-4-2-3-10(7-11)8-13/h2-8H,1H3. The molecule has 0 aliphatic rings. The quantitative estimate of drug-likeness (QED) is 0.674. The van der Waals surface area contributed by atoms with E-state index in [1.807, 2.05) is 37.3 Å². The van der Waals surface area contributed by atoms with Crippen molar-refractivity contribution in [1.29, 1.82) is 0 Å². The number of carbonyl (C=O) groups is 1. The van der Waals surface area contributed by atoms with E-state index < -0.39 is 0 Å². The number of aldehydes is 1. The third kappa shape index (κ3) is 1.59. The van der Waals surface area contributed by atoms with E-state index in [0.717, 1.165) is 23.4 Å². The van der Waals surface area contributed by atoms with Gasteiger partial charge in [-0.1, -0.05) is 18.2 Å². The van der Waals surface area contributed by atoms with Crippen molar-refractivity contribution in [3.63, 3.8) is 0 Å². The summed E-state index contributed by atoms with van der Waals surface area (Å²) in [5, 5.41) is 0. The molecule has 0 radical (unpaired) electrons. The van der Waals surface area contributed by atoms with Gasteiger partial charge in [-0.2, -0.15) is 0 Å². The van der Waals surface area contributed by atoms with Gasteiger partial charge in [0.2, 0.25) is 0 Å². The summed E-state index contributed by atoms with van der Waals surface area (Å²) >= 11 is 0. The fourth-order valence-corrected chi connectivity index (χ4v) is 1.35. The van der Waals surface area contributed by atoms with Gasteiger partial charge >= 0.3 is 0 Å². The molecule has 1 heterocycles. The van der Waals surface area contributed by atoms with E-state index in [1.54, 1.807) is 6.07 Å². The van der Waals surface area contributed by atoms with Crippen LogP contribution in [0.25, 0.3) is 11.3 Å². The van der Waals surface area contributed by atoms with Crippen molar-refractivity contribution >= 4 is 6.29 Å². The minimum Gasteiger partial charge on any atom is -0.461 e. The molecule has 0 N–H and O–H groups in total. The van der Waals surface area contributed by atoms with Gasteiger partial charge in [0.15, 0.2) is 0 Å². The molecule has 0 fully saturated rings. The second-order valence-electron chi connectivity index (χ2n) is 3.15. The minimum absolute atomic E-state index is 0.663. The van der Waals surface area contributed by atoms with Crippen molar-refractivity contribution in [3.8, 4) is 11.3 Å². The summed E-state index contributed by atoms with van der Waals surface area (Å²) in [6, 6.07) is 11.2.